The molecule has 0 saturated carbocycles. The van der Waals surface area contributed by atoms with Crippen molar-refractivity contribution in [1.29, 1.82) is 0 Å². The molecule has 0 aliphatic heterocycles. The lowest BCUT2D eigenvalue weighted by Crippen LogP contribution is -2.04. The van der Waals surface area contributed by atoms with Crippen molar-refractivity contribution in [3.8, 4) is 17.2 Å². The molecule has 1 aromatic carbocycles. The van der Waals surface area contributed by atoms with E-state index in [0.717, 1.165) is 23.4 Å². The van der Waals surface area contributed by atoms with Gasteiger partial charge in [-0.3, -0.25) is 4.79 Å². The van der Waals surface area contributed by atoms with Gasteiger partial charge in [0.05, 0.1) is 21.3 Å². The Morgan fingerprint density at radius 2 is 1.80 bits per heavy atom. The number of methoxy groups -OCH3 is 3. The summed E-state index contributed by atoms with van der Waals surface area (Å²) in [7, 11) is 4.57. The van der Waals surface area contributed by atoms with Gasteiger partial charge in [0.2, 0.25) is 11.5 Å². The summed E-state index contributed by atoms with van der Waals surface area (Å²) in [5.74, 6) is 1.16. The maximum Gasteiger partial charge on any atom is 0.212 e. The van der Waals surface area contributed by atoms with E-state index in [1.54, 1.807) is 17.5 Å². The third-order valence-corrected chi connectivity index (χ3v) is 4.80. The zero-order valence-electron chi connectivity index (χ0n) is 14.4. The second kappa shape index (κ2) is 7.53. The highest BCUT2D eigenvalue weighted by Gasteiger charge is 2.20. The molecule has 2 aromatic rings. The molecule has 1 heterocycles. The van der Waals surface area contributed by atoms with Crippen molar-refractivity contribution >= 4 is 22.7 Å². The van der Waals surface area contributed by atoms with Gasteiger partial charge in [0, 0.05) is 16.5 Å². The van der Waals surface area contributed by atoms with Gasteiger partial charge >= 0.3 is 0 Å². The van der Waals surface area contributed by atoms with E-state index < -0.39 is 0 Å². The molecule has 0 saturated heterocycles. The van der Waals surface area contributed by atoms with Crippen LogP contribution in [0.1, 0.15) is 33.9 Å². The third-order valence-electron chi connectivity index (χ3n) is 3.91. The summed E-state index contributed by atoms with van der Waals surface area (Å²) in [4.78, 5) is 17.3. The van der Waals surface area contributed by atoms with E-state index in [2.05, 4.69) is 23.2 Å². The first-order valence-electron chi connectivity index (χ1n) is 7.85. The third kappa shape index (κ3) is 3.44. The van der Waals surface area contributed by atoms with Gasteiger partial charge in [-0.1, -0.05) is 18.2 Å². The quantitative estimate of drug-likeness (QED) is 0.728. The molecule has 0 N–H and O–H groups in total. The highest BCUT2D eigenvalue weighted by atomic mass is 32.1. The number of rotatable bonds is 6. The molecule has 0 radical (unpaired) electrons. The van der Waals surface area contributed by atoms with Crippen LogP contribution < -0.4 is 14.2 Å². The normalized spacial score (nSPS) is 13.3. The van der Waals surface area contributed by atoms with E-state index in [4.69, 9.17) is 14.2 Å². The lowest BCUT2D eigenvalue weighted by Gasteiger charge is -2.13. The van der Waals surface area contributed by atoms with Crippen molar-refractivity contribution in [3.05, 3.63) is 52.0 Å². The molecular formula is C19H19NO4S. The topological polar surface area (TPSA) is 57.7 Å². The number of hydrogen-bond acceptors (Lipinski definition) is 6. The molecule has 1 aliphatic rings. The lowest BCUT2D eigenvalue weighted by atomic mass is 10.1. The van der Waals surface area contributed by atoms with Crippen LogP contribution >= 0.6 is 11.3 Å². The van der Waals surface area contributed by atoms with E-state index >= 15 is 0 Å². The first-order valence-corrected chi connectivity index (χ1v) is 8.73. The fourth-order valence-corrected chi connectivity index (χ4v) is 3.46. The van der Waals surface area contributed by atoms with Crippen LogP contribution in [0.4, 0.5) is 0 Å². The minimum absolute atomic E-state index is 0.179. The van der Waals surface area contributed by atoms with Crippen LogP contribution in [-0.2, 0) is 0 Å². The van der Waals surface area contributed by atoms with Crippen LogP contribution in [-0.4, -0.2) is 32.1 Å². The second-order valence-corrected chi connectivity index (χ2v) is 6.28. The Hall–Kier alpha value is -2.60. The average molecular weight is 357 g/mol. The van der Waals surface area contributed by atoms with Gasteiger partial charge in [-0.25, -0.2) is 4.98 Å². The van der Waals surface area contributed by atoms with E-state index in [0.29, 0.717) is 28.5 Å². The molecule has 0 fully saturated rings. The summed E-state index contributed by atoms with van der Waals surface area (Å²) < 4.78 is 15.9. The number of hydrogen-bond donors (Lipinski definition) is 0. The molecule has 3 rings (SSSR count). The number of ketones is 1. The first kappa shape index (κ1) is 17.2. The predicted octanol–water partition coefficient (Wildman–Crippen LogP) is 4.13. The van der Waals surface area contributed by atoms with Crippen LogP contribution in [0.3, 0.4) is 0 Å². The lowest BCUT2D eigenvalue weighted by molar-refractivity contribution is 0.103. The van der Waals surface area contributed by atoms with Crippen LogP contribution in [0.2, 0.25) is 0 Å². The van der Waals surface area contributed by atoms with Gasteiger partial charge in [-0.15, -0.1) is 11.3 Å². The van der Waals surface area contributed by atoms with E-state index in [1.807, 2.05) is 0 Å². The fourth-order valence-electron chi connectivity index (χ4n) is 2.64. The molecule has 6 heteroatoms. The smallest absolute Gasteiger partial charge is 0.212 e. The maximum atomic E-state index is 12.8. The molecular weight excluding hydrogens is 338 g/mol. The molecule has 130 valence electrons. The molecule has 0 atom stereocenters. The van der Waals surface area contributed by atoms with Crippen LogP contribution in [0.15, 0.2) is 35.7 Å². The fraction of sp³-hybridized carbons (Fsp3) is 0.263. The van der Waals surface area contributed by atoms with Crippen molar-refractivity contribution in [2.75, 3.05) is 21.3 Å². The van der Waals surface area contributed by atoms with Gasteiger partial charge in [-0.05, 0) is 25.0 Å². The summed E-state index contributed by atoms with van der Waals surface area (Å²) in [6, 6.07) is 3.28. The molecule has 5 nitrogen and oxygen atoms in total. The molecule has 0 amide bonds. The van der Waals surface area contributed by atoms with E-state index in [9.17, 15) is 4.79 Å². The van der Waals surface area contributed by atoms with Gasteiger partial charge in [0.1, 0.15) is 10.7 Å². The molecule has 1 aliphatic carbocycles. The number of thiazole rings is 1. The second-order valence-electron chi connectivity index (χ2n) is 5.42. The minimum Gasteiger partial charge on any atom is -0.493 e. The highest BCUT2D eigenvalue weighted by Crippen LogP contribution is 2.38. The van der Waals surface area contributed by atoms with Gasteiger partial charge < -0.3 is 14.2 Å². The van der Waals surface area contributed by atoms with E-state index in [1.165, 1.54) is 32.7 Å². The molecule has 0 spiro atoms. The van der Waals surface area contributed by atoms with Gasteiger partial charge in [0.25, 0.3) is 0 Å². The molecule has 1 aromatic heterocycles. The zero-order chi connectivity index (χ0) is 17.8. The highest BCUT2D eigenvalue weighted by molar-refractivity contribution is 7.11. The summed E-state index contributed by atoms with van der Waals surface area (Å²) >= 11 is 1.47. The average Bonchev–Trinajstić information content (AvgIpc) is 3.17. The Morgan fingerprint density at radius 3 is 2.36 bits per heavy atom. The van der Waals surface area contributed by atoms with Gasteiger partial charge in [0.15, 0.2) is 11.5 Å². The van der Waals surface area contributed by atoms with Crippen LogP contribution in [0.5, 0.6) is 17.2 Å². The van der Waals surface area contributed by atoms with Gasteiger partial charge in [-0.2, -0.15) is 0 Å². The predicted molar refractivity (Wildman–Crippen MR) is 98.0 cm³/mol. The number of nitrogens with zero attached hydrogens (tertiary/aromatic N) is 1. The van der Waals surface area contributed by atoms with Crippen molar-refractivity contribution in [1.82, 2.24) is 4.98 Å². The first-order chi connectivity index (χ1) is 12.2. The summed E-state index contributed by atoms with van der Waals surface area (Å²) in [6.07, 6.45) is 8.37. The maximum absolute atomic E-state index is 12.8. The van der Waals surface area contributed by atoms with Crippen LogP contribution in [0.25, 0.3) is 5.57 Å². The Balaban J connectivity index is 1.94. The number of benzene rings is 1. The Morgan fingerprint density at radius 1 is 1.08 bits per heavy atom. The largest absolute Gasteiger partial charge is 0.493 e. The van der Waals surface area contributed by atoms with Crippen LogP contribution in [0, 0.1) is 0 Å². The molecule has 0 bridgehead atoms. The summed E-state index contributed by atoms with van der Waals surface area (Å²) in [5, 5.41) is 2.64. The molecule has 25 heavy (non-hydrogen) atoms. The van der Waals surface area contributed by atoms with Crippen molar-refractivity contribution in [2.24, 2.45) is 0 Å². The number of allylic oxidation sites excluding steroid dienone is 4. The van der Waals surface area contributed by atoms with Crippen molar-refractivity contribution in [2.45, 2.75) is 12.8 Å². The monoisotopic (exact) mass is 357 g/mol. The summed E-state index contributed by atoms with van der Waals surface area (Å²) in [6.45, 7) is 0. The Kier molecular flexibility index (Phi) is 5.19. The Bertz CT molecular complexity index is 826. The van der Waals surface area contributed by atoms with E-state index in [-0.39, 0.29) is 5.78 Å². The Labute approximate surface area is 150 Å². The minimum atomic E-state index is -0.179. The van der Waals surface area contributed by atoms with Crippen molar-refractivity contribution < 1.29 is 19.0 Å². The SMILES string of the molecule is COc1cc(C(=O)c2csc(C3=CCCC=C3)n2)cc(OC)c1OC. The molecule has 0 unspecified atom stereocenters. The zero-order valence-corrected chi connectivity index (χ0v) is 15.2. The standard InChI is InChI=1S/C19H19NO4S/c1-22-15-9-13(10-16(23-2)18(15)24-3)17(21)14-11-25-19(20-14)12-7-5-4-6-8-12/h5,7-11H,4,6H2,1-3H3. The number of carbonyl (C=O) groups is 1. The summed E-state index contributed by atoms with van der Waals surface area (Å²) in [5.41, 5.74) is 1.92. The van der Waals surface area contributed by atoms with Crippen molar-refractivity contribution in [3.63, 3.8) is 0 Å². The number of aromatic nitrogens is 1. The number of ether oxygens (including phenoxy) is 3. The number of carbonyl (C=O) groups excluding carboxylic acids is 1.